The summed E-state index contributed by atoms with van der Waals surface area (Å²) >= 11 is 0. The first kappa shape index (κ1) is 15.0. The summed E-state index contributed by atoms with van der Waals surface area (Å²) in [6, 6.07) is 7.93. The highest BCUT2D eigenvalue weighted by Gasteiger charge is 2.13. The van der Waals surface area contributed by atoms with Gasteiger partial charge < -0.3 is 14.6 Å². The molecule has 0 saturated heterocycles. The number of rotatable bonds is 5. The molecule has 1 amide bonds. The van der Waals surface area contributed by atoms with E-state index in [-0.39, 0.29) is 6.61 Å². The van der Waals surface area contributed by atoms with Crippen LogP contribution >= 0.6 is 0 Å². The summed E-state index contributed by atoms with van der Waals surface area (Å²) in [6.45, 7) is 4.97. The lowest BCUT2D eigenvalue weighted by Gasteiger charge is -2.08. The van der Waals surface area contributed by atoms with Crippen LogP contribution < -0.4 is 5.32 Å². The SMILES string of the molecule is CCOC(=O)C(=O)NCCCn1c(C)nc2ccccc21. The molecule has 0 bridgehead atoms. The van der Waals surface area contributed by atoms with Gasteiger partial charge in [-0.1, -0.05) is 12.1 Å². The number of para-hydroxylation sites is 2. The lowest BCUT2D eigenvalue weighted by molar-refractivity contribution is -0.154. The first-order chi connectivity index (χ1) is 10.1. The van der Waals surface area contributed by atoms with Crippen molar-refractivity contribution >= 4 is 22.9 Å². The van der Waals surface area contributed by atoms with Crippen LogP contribution in [0.25, 0.3) is 11.0 Å². The van der Waals surface area contributed by atoms with E-state index in [0.717, 1.165) is 23.4 Å². The Morgan fingerprint density at radius 3 is 2.86 bits per heavy atom. The number of esters is 1. The van der Waals surface area contributed by atoms with E-state index in [9.17, 15) is 9.59 Å². The van der Waals surface area contributed by atoms with Gasteiger partial charge in [0.2, 0.25) is 0 Å². The summed E-state index contributed by atoms with van der Waals surface area (Å²) in [7, 11) is 0. The van der Waals surface area contributed by atoms with Crippen molar-refractivity contribution in [3.8, 4) is 0 Å². The number of benzene rings is 1. The van der Waals surface area contributed by atoms with Crippen LogP contribution in [0.2, 0.25) is 0 Å². The Bertz CT molecular complexity index is 649. The van der Waals surface area contributed by atoms with Gasteiger partial charge in [0, 0.05) is 13.1 Å². The van der Waals surface area contributed by atoms with E-state index < -0.39 is 11.9 Å². The van der Waals surface area contributed by atoms with Gasteiger partial charge in [-0.15, -0.1) is 0 Å². The number of nitrogens with zero attached hydrogens (tertiary/aromatic N) is 2. The maximum atomic E-state index is 11.4. The fraction of sp³-hybridized carbons (Fsp3) is 0.400. The first-order valence-electron chi connectivity index (χ1n) is 7.00. The minimum atomic E-state index is -0.832. The molecule has 6 nitrogen and oxygen atoms in total. The lowest BCUT2D eigenvalue weighted by Crippen LogP contribution is -2.33. The topological polar surface area (TPSA) is 73.2 Å². The minimum absolute atomic E-state index is 0.201. The Labute approximate surface area is 123 Å². The van der Waals surface area contributed by atoms with Gasteiger partial charge in [-0.25, -0.2) is 9.78 Å². The van der Waals surface area contributed by atoms with Gasteiger partial charge in [-0.05, 0) is 32.4 Å². The average Bonchev–Trinajstić information content (AvgIpc) is 2.79. The van der Waals surface area contributed by atoms with Crippen molar-refractivity contribution in [3.05, 3.63) is 30.1 Å². The number of nitrogens with one attached hydrogen (secondary N) is 1. The fourth-order valence-electron chi connectivity index (χ4n) is 2.19. The predicted molar refractivity (Wildman–Crippen MR) is 78.7 cm³/mol. The number of ether oxygens (including phenoxy) is 1. The summed E-state index contributed by atoms with van der Waals surface area (Å²) < 4.78 is 6.72. The Kier molecular flexibility index (Phi) is 4.92. The zero-order valence-electron chi connectivity index (χ0n) is 12.3. The monoisotopic (exact) mass is 289 g/mol. The number of hydrogen-bond acceptors (Lipinski definition) is 4. The van der Waals surface area contributed by atoms with E-state index in [0.29, 0.717) is 13.0 Å². The molecular formula is C15H19N3O3. The van der Waals surface area contributed by atoms with Crippen LogP contribution in [0.15, 0.2) is 24.3 Å². The number of aromatic nitrogens is 2. The van der Waals surface area contributed by atoms with Crippen molar-refractivity contribution in [2.45, 2.75) is 26.8 Å². The van der Waals surface area contributed by atoms with Crippen LogP contribution in [-0.2, 0) is 20.9 Å². The maximum Gasteiger partial charge on any atom is 0.396 e. The second-order valence-electron chi connectivity index (χ2n) is 4.63. The van der Waals surface area contributed by atoms with Crippen molar-refractivity contribution in [1.29, 1.82) is 0 Å². The Hall–Kier alpha value is -2.37. The van der Waals surface area contributed by atoms with Gasteiger partial charge in [0.1, 0.15) is 5.82 Å². The molecular weight excluding hydrogens is 270 g/mol. The quantitative estimate of drug-likeness (QED) is 0.513. The molecule has 2 rings (SSSR count). The van der Waals surface area contributed by atoms with Crippen LogP contribution in [0, 0.1) is 6.92 Å². The molecule has 0 aliphatic rings. The molecule has 112 valence electrons. The largest absolute Gasteiger partial charge is 0.459 e. The van der Waals surface area contributed by atoms with Crippen LogP contribution in [0.4, 0.5) is 0 Å². The number of fused-ring (bicyclic) bond motifs is 1. The van der Waals surface area contributed by atoms with Crippen molar-refractivity contribution in [2.75, 3.05) is 13.2 Å². The molecule has 0 unspecified atom stereocenters. The highest BCUT2D eigenvalue weighted by molar-refractivity contribution is 6.32. The molecule has 0 aliphatic carbocycles. The molecule has 2 aromatic rings. The van der Waals surface area contributed by atoms with Crippen molar-refractivity contribution in [1.82, 2.24) is 14.9 Å². The first-order valence-corrected chi connectivity index (χ1v) is 7.00. The summed E-state index contributed by atoms with van der Waals surface area (Å²) in [6.07, 6.45) is 0.715. The molecule has 0 spiro atoms. The Morgan fingerprint density at radius 1 is 1.33 bits per heavy atom. The molecule has 0 aliphatic heterocycles. The second kappa shape index (κ2) is 6.88. The van der Waals surface area contributed by atoms with Gasteiger partial charge in [0.15, 0.2) is 0 Å². The molecule has 1 aromatic carbocycles. The average molecular weight is 289 g/mol. The molecule has 6 heteroatoms. The van der Waals surface area contributed by atoms with Gasteiger partial charge in [0.05, 0.1) is 17.6 Å². The number of carbonyl (C=O) groups is 2. The fourth-order valence-corrected chi connectivity index (χ4v) is 2.19. The second-order valence-corrected chi connectivity index (χ2v) is 4.63. The van der Waals surface area contributed by atoms with E-state index >= 15 is 0 Å². The molecule has 0 atom stereocenters. The van der Waals surface area contributed by atoms with Gasteiger partial charge in [-0.3, -0.25) is 4.79 Å². The molecule has 1 aromatic heterocycles. The van der Waals surface area contributed by atoms with Crippen LogP contribution in [0.5, 0.6) is 0 Å². The summed E-state index contributed by atoms with van der Waals surface area (Å²) in [5.74, 6) is -0.584. The minimum Gasteiger partial charge on any atom is -0.459 e. The third-order valence-electron chi connectivity index (χ3n) is 3.15. The molecule has 0 saturated carbocycles. The lowest BCUT2D eigenvalue weighted by atomic mass is 10.3. The van der Waals surface area contributed by atoms with Crippen molar-refractivity contribution < 1.29 is 14.3 Å². The van der Waals surface area contributed by atoms with E-state index in [1.807, 2.05) is 31.2 Å². The van der Waals surface area contributed by atoms with E-state index in [4.69, 9.17) is 0 Å². The van der Waals surface area contributed by atoms with Gasteiger partial charge in [-0.2, -0.15) is 0 Å². The number of imidazole rings is 1. The summed E-state index contributed by atoms with van der Waals surface area (Å²) in [5.41, 5.74) is 2.04. The summed E-state index contributed by atoms with van der Waals surface area (Å²) in [5, 5.41) is 2.55. The third kappa shape index (κ3) is 3.59. The molecule has 21 heavy (non-hydrogen) atoms. The number of aryl methyl sites for hydroxylation is 2. The zero-order chi connectivity index (χ0) is 15.2. The van der Waals surface area contributed by atoms with Crippen molar-refractivity contribution in [2.24, 2.45) is 0 Å². The van der Waals surface area contributed by atoms with E-state index in [2.05, 4.69) is 19.6 Å². The predicted octanol–water partition coefficient (Wildman–Crippen LogP) is 1.41. The standard InChI is InChI=1S/C15H19N3O3/c1-3-21-15(20)14(19)16-9-6-10-18-11(2)17-12-7-4-5-8-13(12)18/h4-5,7-8H,3,6,9-10H2,1-2H3,(H,16,19). The number of amides is 1. The zero-order valence-corrected chi connectivity index (χ0v) is 12.3. The molecule has 0 radical (unpaired) electrons. The van der Waals surface area contributed by atoms with Crippen molar-refractivity contribution in [3.63, 3.8) is 0 Å². The molecule has 0 fully saturated rings. The van der Waals surface area contributed by atoms with Crippen LogP contribution in [0.3, 0.4) is 0 Å². The van der Waals surface area contributed by atoms with E-state index in [1.165, 1.54) is 0 Å². The normalized spacial score (nSPS) is 10.6. The highest BCUT2D eigenvalue weighted by atomic mass is 16.5. The summed E-state index contributed by atoms with van der Waals surface area (Å²) in [4.78, 5) is 27.0. The number of carbonyl (C=O) groups excluding carboxylic acids is 2. The highest BCUT2D eigenvalue weighted by Crippen LogP contribution is 2.15. The number of hydrogen-bond donors (Lipinski definition) is 1. The van der Waals surface area contributed by atoms with Gasteiger partial charge in [0.25, 0.3) is 0 Å². The smallest absolute Gasteiger partial charge is 0.396 e. The maximum absolute atomic E-state index is 11.4. The Balaban J connectivity index is 1.87. The van der Waals surface area contributed by atoms with Crippen LogP contribution in [0.1, 0.15) is 19.2 Å². The van der Waals surface area contributed by atoms with Gasteiger partial charge >= 0.3 is 11.9 Å². The molecule has 1 heterocycles. The van der Waals surface area contributed by atoms with Crippen LogP contribution in [-0.4, -0.2) is 34.6 Å². The third-order valence-corrected chi connectivity index (χ3v) is 3.15. The Morgan fingerprint density at radius 2 is 2.10 bits per heavy atom. The van der Waals surface area contributed by atoms with E-state index in [1.54, 1.807) is 6.92 Å². The molecule has 1 N–H and O–H groups in total.